The predicted octanol–water partition coefficient (Wildman–Crippen LogP) is -0.505. The Hall–Kier alpha value is -0.940. The minimum absolute atomic E-state index is 0.424. The van der Waals surface area contributed by atoms with Crippen molar-refractivity contribution in [2.75, 3.05) is 6.54 Å². The van der Waals surface area contributed by atoms with Gasteiger partial charge in [0.15, 0.2) is 5.82 Å². The minimum atomic E-state index is -0.634. The molecule has 0 aliphatic carbocycles. The topological polar surface area (TPSA) is 87.8 Å². The summed E-state index contributed by atoms with van der Waals surface area (Å²) in [5.41, 5.74) is 5.25. The van der Waals surface area contributed by atoms with Crippen molar-refractivity contribution in [1.29, 1.82) is 0 Å². The first-order valence-electron chi connectivity index (χ1n) is 3.51. The van der Waals surface area contributed by atoms with Crippen LogP contribution in [-0.4, -0.2) is 26.8 Å². The zero-order chi connectivity index (χ0) is 8.27. The third kappa shape index (κ3) is 1.99. The fourth-order valence-electron chi connectivity index (χ4n) is 0.796. The lowest BCUT2D eigenvalue weighted by Gasteiger charge is -2.01. The lowest BCUT2D eigenvalue weighted by atomic mass is 10.2. The van der Waals surface area contributed by atoms with Gasteiger partial charge < -0.3 is 10.8 Å². The second-order valence-corrected chi connectivity index (χ2v) is 2.37. The first kappa shape index (κ1) is 8.16. The second kappa shape index (κ2) is 3.45. The van der Waals surface area contributed by atoms with Crippen molar-refractivity contribution in [3.05, 3.63) is 11.6 Å². The SMILES string of the molecule is Cc1nc([C@@H](O)CCN)n[nH]1. The number of hydrogen-bond donors (Lipinski definition) is 3. The molecule has 62 valence electrons. The Morgan fingerprint density at radius 3 is 2.91 bits per heavy atom. The van der Waals surface area contributed by atoms with E-state index in [2.05, 4.69) is 15.2 Å². The Morgan fingerprint density at radius 1 is 1.73 bits per heavy atom. The number of nitrogens with one attached hydrogen (secondary N) is 1. The zero-order valence-electron chi connectivity index (χ0n) is 6.41. The quantitative estimate of drug-likeness (QED) is 0.550. The van der Waals surface area contributed by atoms with E-state index in [1.54, 1.807) is 6.92 Å². The van der Waals surface area contributed by atoms with Crippen LogP contribution in [0.5, 0.6) is 0 Å². The van der Waals surface area contributed by atoms with E-state index in [1.165, 1.54) is 0 Å². The number of aromatic amines is 1. The van der Waals surface area contributed by atoms with Crippen molar-refractivity contribution < 1.29 is 5.11 Å². The summed E-state index contributed by atoms with van der Waals surface area (Å²) >= 11 is 0. The lowest BCUT2D eigenvalue weighted by molar-refractivity contribution is 0.161. The van der Waals surface area contributed by atoms with Crippen LogP contribution in [0.25, 0.3) is 0 Å². The van der Waals surface area contributed by atoms with Gasteiger partial charge in [-0.05, 0) is 19.9 Å². The molecule has 4 N–H and O–H groups in total. The van der Waals surface area contributed by atoms with E-state index < -0.39 is 6.10 Å². The Kier molecular flexibility index (Phi) is 2.56. The number of H-pyrrole nitrogens is 1. The highest BCUT2D eigenvalue weighted by Crippen LogP contribution is 2.09. The van der Waals surface area contributed by atoms with Gasteiger partial charge in [0, 0.05) is 0 Å². The number of hydrogen-bond acceptors (Lipinski definition) is 4. The van der Waals surface area contributed by atoms with E-state index in [0.717, 1.165) is 0 Å². The van der Waals surface area contributed by atoms with Crippen LogP contribution in [0, 0.1) is 6.92 Å². The van der Waals surface area contributed by atoms with Crippen LogP contribution in [0.2, 0.25) is 0 Å². The molecule has 0 aliphatic rings. The van der Waals surface area contributed by atoms with Gasteiger partial charge in [0.1, 0.15) is 11.9 Å². The van der Waals surface area contributed by atoms with Crippen LogP contribution in [0.4, 0.5) is 0 Å². The van der Waals surface area contributed by atoms with Crippen molar-refractivity contribution >= 4 is 0 Å². The van der Waals surface area contributed by atoms with Gasteiger partial charge in [-0.2, -0.15) is 5.10 Å². The van der Waals surface area contributed by atoms with Crippen LogP contribution < -0.4 is 5.73 Å². The number of aromatic nitrogens is 3. The molecule has 5 nitrogen and oxygen atoms in total. The Bertz CT molecular complexity index is 222. The summed E-state index contributed by atoms with van der Waals surface area (Å²) < 4.78 is 0. The Balaban J connectivity index is 2.60. The molecule has 1 heterocycles. The highest BCUT2D eigenvalue weighted by molar-refractivity contribution is 4.91. The molecule has 0 aliphatic heterocycles. The van der Waals surface area contributed by atoms with Crippen molar-refractivity contribution in [2.45, 2.75) is 19.4 Å². The average Bonchev–Trinajstić information content (AvgIpc) is 2.36. The normalized spacial score (nSPS) is 13.4. The molecule has 0 unspecified atom stereocenters. The fourth-order valence-corrected chi connectivity index (χ4v) is 0.796. The van der Waals surface area contributed by atoms with Gasteiger partial charge in [-0.3, -0.25) is 5.10 Å². The van der Waals surface area contributed by atoms with E-state index in [-0.39, 0.29) is 0 Å². The molecule has 1 aromatic rings. The van der Waals surface area contributed by atoms with Gasteiger partial charge in [0.2, 0.25) is 0 Å². The molecule has 0 radical (unpaired) electrons. The van der Waals surface area contributed by atoms with Crippen LogP contribution in [0.15, 0.2) is 0 Å². The first-order valence-corrected chi connectivity index (χ1v) is 3.51. The van der Waals surface area contributed by atoms with Crippen LogP contribution in [0.3, 0.4) is 0 Å². The van der Waals surface area contributed by atoms with E-state index in [4.69, 9.17) is 5.73 Å². The molecule has 1 aromatic heterocycles. The number of nitrogens with two attached hydrogens (primary N) is 1. The van der Waals surface area contributed by atoms with Gasteiger partial charge in [-0.1, -0.05) is 0 Å². The molecule has 0 amide bonds. The average molecular weight is 156 g/mol. The highest BCUT2D eigenvalue weighted by Gasteiger charge is 2.10. The molecule has 0 aromatic carbocycles. The molecular formula is C6H12N4O. The molecule has 1 atom stereocenters. The van der Waals surface area contributed by atoms with Crippen LogP contribution >= 0.6 is 0 Å². The number of aryl methyl sites for hydroxylation is 1. The van der Waals surface area contributed by atoms with Crippen molar-refractivity contribution in [3.8, 4) is 0 Å². The summed E-state index contributed by atoms with van der Waals surface area (Å²) in [7, 11) is 0. The predicted molar refractivity (Wildman–Crippen MR) is 39.8 cm³/mol. The summed E-state index contributed by atoms with van der Waals surface area (Å²) in [6.45, 7) is 2.22. The van der Waals surface area contributed by atoms with E-state index in [9.17, 15) is 5.11 Å². The molecule has 0 fully saturated rings. The Morgan fingerprint density at radius 2 is 2.45 bits per heavy atom. The van der Waals surface area contributed by atoms with Crippen molar-refractivity contribution in [3.63, 3.8) is 0 Å². The fraction of sp³-hybridized carbons (Fsp3) is 0.667. The molecule has 1 rings (SSSR count). The molecule has 11 heavy (non-hydrogen) atoms. The highest BCUT2D eigenvalue weighted by atomic mass is 16.3. The summed E-state index contributed by atoms with van der Waals surface area (Å²) in [6, 6.07) is 0. The molecular weight excluding hydrogens is 144 g/mol. The molecule has 5 heteroatoms. The summed E-state index contributed by atoms with van der Waals surface area (Å²) in [4.78, 5) is 3.96. The van der Waals surface area contributed by atoms with E-state index in [1.807, 2.05) is 0 Å². The summed E-state index contributed by atoms with van der Waals surface area (Å²) in [5.74, 6) is 1.13. The van der Waals surface area contributed by atoms with Crippen LogP contribution in [0.1, 0.15) is 24.2 Å². The monoisotopic (exact) mass is 156 g/mol. The molecule has 0 saturated heterocycles. The van der Waals surface area contributed by atoms with E-state index in [0.29, 0.717) is 24.6 Å². The standard InChI is InChI=1S/C6H12N4O/c1-4-8-6(10-9-4)5(11)2-3-7/h5,11H,2-3,7H2,1H3,(H,8,9,10)/t5-/m0/s1. The smallest absolute Gasteiger partial charge is 0.179 e. The van der Waals surface area contributed by atoms with Crippen molar-refractivity contribution in [1.82, 2.24) is 15.2 Å². The lowest BCUT2D eigenvalue weighted by Crippen LogP contribution is -2.07. The molecule has 0 saturated carbocycles. The maximum absolute atomic E-state index is 9.31. The Labute approximate surface area is 64.6 Å². The van der Waals surface area contributed by atoms with Gasteiger partial charge in [-0.25, -0.2) is 4.98 Å². The third-order valence-corrected chi connectivity index (χ3v) is 1.35. The zero-order valence-corrected chi connectivity index (χ0v) is 6.41. The van der Waals surface area contributed by atoms with Gasteiger partial charge in [0.05, 0.1) is 0 Å². The maximum atomic E-state index is 9.31. The van der Waals surface area contributed by atoms with Gasteiger partial charge in [-0.15, -0.1) is 0 Å². The summed E-state index contributed by atoms with van der Waals surface area (Å²) in [5, 5.41) is 15.7. The van der Waals surface area contributed by atoms with Crippen molar-refractivity contribution in [2.24, 2.45) is 5.73 Å². The number of aliphatic hydroxyl groups excluding tert-OH is 1. The maximum Gasteiger partial charge on any atom is 0.179 e. The largest absolute Gasteiger partial charge is 0.385 e. The third-order valence-electron chi connectivity index (χ3n) is 1.35. The number of rotatable bonds is 3. The number of nitrogens with zero attached hydrogens (tertiary/aromatic N) is 2. The second-order valence-electron chi connectivity index (χ2n) is 2.37. The van der Waals surface area contributed by atoms with Gasteiger partial charge >= 0.3 is 0 Å². The van der Waals surface area contributed by atoms with Gasteiger partial charge in [0.25, 0.3) is 0 Å². The van der Waals surface area contributed by atoms with E-state index >= 15 is 0 Å². The van der Waals surface area contributed by atoms with Crippen LogP contribution in [-0.2, 0) is 0 Å². The minimum Gasteiger partial charge on any atom is -0.385 e. The molecule has 0 spiro atoms. The molecule has 0 bridgehead atoms. The summed E-state index contributed by atoms with van der Waals surface area (Å²) in [6.07, 6.45) is -0.137. The number of aliphatic hydroxyl groups is 1. The first-order chi connectivity index (χ1) is 5.24.